The second kappa shape index (κ2) is 3.96. The molecular formula is C11H18N2O2. The Morgan fingerprint density at radius 2 is 2.13 bits per heavy atom. The van der Waals surface area contributed by atoms with Crippen LogP contribution in [0.5, 0.6) is 0 Å². The maximum Gasteiger partial charge on any atom is 0.356 e. The molecule has 84 valence electrons. The highest BCUT2D eigenvalue weighted by Gasteiger charge is 2.19. The Balaban J connectivity index is 2.94. The number of H-pyrrole nitrogens is 1. The average molecular weight is 210 g/mol. The van der Waals surface area contributed by atoms with Crippen LogP contribution in [0.2, 0.25) is 0 Å². The molecule has 0 aliphatic rings. The number of aromatic amines is 1. The molecule has 1 aromatic rings. The first-order valence-corrected chi connectivity index (χ1v) is 4.89. The maximum absolute atomic E-state index is 11.3. The third-order valence-corrected chi connectivity index (χ3v) is 2.12. The summed E-state index contributed by atoms with van der Waals surface area (Å²) in [5.41, 5.74) is 7.80. The molecule has 1 aromatic heterocycles. The zero-order chi connectivity index (χ0) is 11.6. The Morgan fingerprint density at radius 1 is 1.53 bits per heavy atom. The van der Waals surface area contributed by atoms with E-state index in [1.807, 2.05) is 0 Å². The van der Waals surface area contributed by atoms with Crippen molar-refractivity contribution < 1.29 is 9.53 Å². The number of methoxy groups -OCH3 is 1. The molecule has 0 spiro atoms. The average Bonchev–Trinajstić information content (AvgIpc) is 2.45. The summed E-state index contributed by atoms with van der Waals surface area (Å²) in [5.74, 6) is -0.423. The molecule has 1 rings (SSSR count). The lowest BCUT2D eigenvalue weighted by Gasteiger charge is -2.17. The first-order valence-electron chi connectivity index (χ1n) is 4.89. The fourth-order valence-electron chi connectivity index (χ4n) is 1.46. The Morgan fingerprint density at radius 3 is 2.60 bits per heavy atom. The molecule has 0 aliphatic carbocycles. The molecule has 0 atom stereocenters. The molecule has 0 bridgehead atoms. The minimum Gasteiger partial charge on any atom is -0.464 e. The number of carbonyl (C=O) groups excluding carboxylic acids is 1. The van der Waals surface area contributed by atoms with Crippen LogP contribution in [0.25, 0.3) is 0 Å². The number of ether oxygens (including phenoxy) is 1. The maximum atomic E-state index is 11.3. The first-order chi connectivity index (χ1) is 6.85. The number of carbonyl (C=O) groups is 1. The van der Waals surface area contributed by atoms with E-state index < -0.39 is 5.97 Å². The van der Waals surface area contributed by atoms with Gasteiger partial charge in [0.15, 0.2) is 0 Å². The SMILES string of the molecule is COC(=O)c1[nH]cc(CC(C)(C)C)c1N. The minimum atomic E-state index is -0.423. The highest BCUT2D eigenvalue weighted by atomic mass is 16.5. The topological polar surface area (TPSA) is 68.1 Å². The lowest BCUT2D eigenvalue weighted by Crippen LogP contribution is -2.11. The molecule has 0 saturated carbocycles. The molecule has 0 aliphatic heterocycles. The molecule has 0 radical (unpaired) electrons. The summed E-state index contributed by atoms with van der Waals surface area (Å²) in [6.07, 6.45) is 2.60. The Bertz CT molecular complexity index is 361. The van der Waals surface area contributed by atoms with Crippen LogP contribution in [0, 0.1) is 5.41 Å². The number of anilines is 1. The zero-order valence-electron chi connectivity index (χ0n) is 9.68. The van der Waals surface area contributed by atoms with E-state index in [2.05, 4.69) is 30.5 Å². The van der Waals surface area contributed by atoms with Crippen LogP contribution < -0.4 is 5.73 Å². The Labute approximate surface area is 89.8 Å². The van der Waals surface area contributed by atoms with Crippen molar-refractivity contribution in [3.63, 3.8) is 0 Å². The number of nitrogen functional groups attached to an aromatic ring is 1. The quantitative estimate of drug-likeness (QED) is 0.733. The third-order valence-electron chi connectivity index (χ3n) is 2.12. The lowest BCUT2D eigenvalue weighted by atomic mass is 9.88. The van der Waals surface area contributed by atoms with Crippen molar-refractivity contribution in [3.8, 4) is 0 Å². The predicted octanol–water partition coefficient (Wildman–Crippen LogP) is 1.97. The number of nitrogens with one attached hydrogen (secondary N) is 1. The smallest absolute Gasteiger partial charge is 0.356 e. The molecule has 0 saturated heterocycles. The van der Waals surface area contributed by atoms with Crippen molar-refractivity contribution >= 4 is 11.7 Å². The minimum absolute atomic E-state index is 0.143. The van der Waals surface area contributed by atoms with Gasteiger partial charge in [-0.25, -0.2) is 4.79 Å². The van der Waals surface area contributed by atoms with Gasteiger partial charge in [-0.2, -0.15) is 0 Å². The van der Waals surface area contributed by atoms with Crippen molar-refractivity contribution in [1.82, 2.24) is 4.98 Å². The van der Waals surface area contributed by atoms with Crippen molar-refractivity contribution in [1.29, 1.82) is 0 Å². The molecule has 4 heteroatoms. The highest BCUT2D eigenvalue weighted by Crippen LogP contribution is 2.26. The number of hydrogen-bond acceptors (Lipinski definition) is 3. The van der Waals surface area contributed by atoms with E-state index in [0.29, 0.717) is 11.4 Å². The molecule has 3 N–H and O–H groups in total. The number of hydrogen-bond donors (Lipinski definition) is 2. The molecule has 0 amide bonds. The van der Waals surface area contributed by atoms with Crippen molar-refractivity contribution in [3.05, 3.63) is 17.5 Å². The van der Waals surface area contributed by atoms with Gasteiger partial charge in [0.25, 0.3) is 0 Å². The number of aromatic nitrogens is 1. The largest absolute Gasteiger partial charge is 0.464 e. The van der Waals surface area contributed by atoms with E-state index in [4.69, 9.17) is 5.73 Å². The lowest BCUT2D eigenvalue weighted by molar-refractivity contribution is 0.0596. The van der Waals surface area contributed by atoms with Crippen molar-refractivity contribution in [2.75, 3.05) is 12.8 Å². The van der Waals surface area contributed by atoms with Gasteiger partial charge in [0.1, 0.15) is 5.69 Å². The van der Waals surface area contributed by atoms with Gasteiger partial charge < -0.3 is 15.5 Å². The second-order valence-electron chi connectivity index (χ2n) is 4.83. The van der Waals surface area contributed by atoms with E-state index in [-0.39, 0.29) is 5.41 Å². The van der Waals surface area contributed by atoms with Crippen LogP contribution in [-0.2, 0) is 11.2 Å². The van der Waals surface area contributed by atoms with E-state index in [1.165, 1.54) is 7.11 Å². The van der Waals surface area contributed by atoms with E-state index in [1.54, 1.807) is 6.20 Å². The number of nitrogens with two attached hydrogens (primary N) is 1. The summed E-state index contributed by atoms with van der Waals surface area (Å²) in [6.45, 7) is 6.37. The van der Waals surface area contributed by atoms with Gasteiger partial charge in [-0.15, -0.1) is 0 Å². The van der Waals surface area contributed by atoms with Crippen molar-refractivity contribution in [2.45, 2.75) is 27.2 Å². The predicted molar refractivity (Wildman–Crippen MR) is 59.7 cm³/mol. The van der Waals surface area contributed by atoms with Crippen LogP contribution >= 0.6 is 0 Å². The van der Waals surface area contributed by atoms with E-state index >= 15 is 0 Å². The standard InChI is InChI=1S/C11H18N2O2/c1-11(2,3)5-7-6-13-9(8(7)12)10(14)15-4/h6,13H,5,12H2,1-4H3. The molecule has 0 fully saturated rings. The summed E-state index contributed by atoms with van der Waals surface area (Å²) in [4.78, 5) is 14.1. The highest BCUT2D eigenvalue weighted by molar-refractivity contribution is 5.93. The first kappa shape index (κ1) is 11.6. The Kier molecular flexibility index (Phi) is 3.07. The second-order valence-corrected chi connectivity index (χ2v) is 4.83. The fourth-order valence-corrected chi connectivity index (χ4v) is 1.46. The molecule has 1 heterocycles. The van der Waals surface area contributed by atoms with Gasteiger partial charge in [-0.1, -0.05) is 20.8 Å². The normalized spacial score (nSPS) is 11.5. The van der Waals surface area contributed by atoms with E-state index in [9.17, 15) is 4.79 Å². The van der Waals surface area contributed by atoms with Crippen molar-refractivity contribution in [2.24, 2.45) is 5.41 Å². The molecule has 0 unspecified atom stereocenters. The van der Waals surface area contributed by atoms with Gasteiger partial charge in [-0.3, -0.25) is 0 Å². The van der Waals surface area contributed by atoms with Crippen LogP contribution in [0.3, 0.4) is 0 Å². The van der Waals surface area contributed by atoms with Gasteiger partial charge >= 0.3 is 5.97 Å². The van der Waals surface area contributed by atoms with Crippen LogP contribution in [-0.4, -0.2) is 18.1 Å². The third kappa shape index (κ3) is 2.75. The zero-order valence-corrected chi connectivity index (χ0v) is 9.68. The summed E-state index contributed by atoms with van der Waals surface area (Å²) in [6, 6.07) is 0. The number of esters is 1. The molecule has 0 aromatic carbocycles. The van der Waals surface area contributed by atoms with Gasteiger partial charge in [0.05, 0.1) is 12.8 Å². The Hall–Kier alpha value is -1.45. The van der Waals surface area contributed by atoms with E-state index in [0.717, 1.165) is 12.0 Å². The van der Waals surface area contributed by atoms with Gasteiger partial charge in [-0.05, 0) is 17.4 Å². The summed E-state index contributed by atoms with van der Waals surface area (Å²) >= 11 is 0. The molecular weight excluding hydrogens is 192 g/mol. The van der Waals surface area contributed by atoms with Gasteiger partial charge in [0.2, 0.25) is 0 Å². The molecule has 4 nitrogen and oxygen atoms in total. The van der Waals surface area contributed by atoms with Gasteiger partial charge in [0, 0.05) is 6.20 Å². The number of rotatable bonds is 2. The summed E-state index contributed by atoms with van der Waals surface area (Å²) in [5, 5.41) is 0. The van der Waals surface area contributed by atoms with Crippen LogP contribution in [0.1, 0.15) is 36.8 Å². The monoisotopic (exact) mass is 210 g/mol. The fraction of sp³-hybridized carbons (Fsp3) is 0.545. The summed E-state index contributed by atoms with van der Waals surface area (Å²) in [7, 11) is 1.34. The summed E-state index contributed by atoms with van der Waals surface area (Å²) < 4.78 is 4.61. The molecule has 15 heavy (non-hydrogen) atoms. The van der Waals surface area contributed by atoms with Crippen LogP contribution in [0.15, 0.2) is 6.20 Å². The van der Waals surface area contributed by atoms with Crippen LogP contribution in [0.4, 0.5) is 5.69 Å².